The van der Waals surface area contributed by atoms with Gasteiger partial charge in [-0.2, -0.15) is 0 Å². The highest BCUT2D eigenvalue weighted by Crippen LogP contribution is 2.48. The van der Waals surface area contributed by atoms with Crippen molar-refractivity contribution in [1.82, 2.24) is 10.2 Å². The minimum atomic E-state index is -0.105. The lowest BCUT2D eigenvalue weighted by Crippen LogP contribution is -2.40. The Hall–Kier alpha value is -2.24. The van der Waals surface area contributed by atoms with Crippen LogP contribution in [0.25, 0.3) is 0 Å². The summed E-state index contributed by atoms with van der Waals surface area (Å²) < 4.78 is 11.0. The molecule has 1 N–H and O–H groups in total. The molecule has 130 valence electrons. The Bertz CT molecular complexity index is 671. The molecule has 6 heteroatoms. The highest BCUT2D eigenvalue weighted by atomic mass is 16.5. The lowest BCUT2D eigenvalue weighted by atomic mass is 9.92. The Balaban J connectivity index is 1.84. The third kappa shape index (κ3) is 2.81. The molecule has 0 aromatic heterocycles. The molecule has 1 unspecified atom stereocenters. The van der Waals surface area contributed by atoms with Gasteiger partial charge < -0.3 is 19.7 Å². The van der Waals surface area contributed by atoms with Gasteiger partial charge in [0.05, 0.1) is 20.3 Å². The molecule has 0 bridgehead atoms. The molecule has 1 aromatic carbocycles. The summed E-state index contributed by atoms with van der Waals surface area (Å²) in [5, 5.41) is 2.69. The second-order valence-corrected chi connectivity index (χ2v) is 6.29. The summed E-state index contributed by atoms with van der Waals surface area (Å²) in [7, 11) is 3.32. The first-order chi connectivity index (χ1) is 11.6. The predicted octanol–water partition coefficient (Wildman–Crippen LogP) is 1.60. The summed E-state index contributed by atoms with van der Waals surface area (Å²) in [6.07, 6.45) is 2.97. The molecule has 3 rings (SSSR count). The monoisotopic (exact) mass is 332 g/mol. The van der Waals surface area contributed by atoms with Crippen LogP contribution in [0.2, 0.25) is 0 Å². The molecule has 0 saturated carbocycles. The minimum Gasteiger partial charge on any atom is -0.493 e. The number of hydrogen-bond acceptors (Lipinski definition) is 4. The van der Waals surface area contributed by atoms with Gasteiger partial charge in [0.15, 0.2) is 11.5 Å². The highest BCUT2D eigenvalue weighted by Gasteiger charge is 2.38. The summed E-state index contributed by atoms with van der Waals surface area (Å²) in [5.41, 5.74) is 3.68. The topological polar surface area (TPSA) is 67.9 Å². The average Bonchev–Trinajstić information content (AvgIpc) is 3.00. The maximum Gasteiger partial charge on any atom is 0.224 e. The zero-order valence-electron chi connectivity index (χ0n) is 14.5. The van der Waals surface area contributed by atoms with E-state index in [1.165, 1.54) is 23.6 Å². The van der Waals surface area contributed by atoms with E-state index >= 15 is 0 Å². The molecule has 0 spiro atoms. The molecule has 2 amide bonds. The van der Waals surface area contributed by atoms with E-state index in [0.29, 0.717) is 19.5 Å². The molecule has 0 radical (unpaired) electrons. The van der Waals surface area contributed by atoms with Crippen molar-refractivity contribution >= 4 is 11.8 Å². The normalized spacial score (nSPS) is 18.1. The van der Waals surface area contributed by atoms with E-state index in [1.54, 1.807) is 14.2 Å². The Morgan fingerprint density at radius 2 is 2.08 bits per heavy atom. The predicted molar refractivity (Wildman–Crippen MR) is 89.3 cm³/mol. The molecule has 1 heterocycles. The Kier molecular flexibility index (Phi) is 4.64. The highest BCUT2D eigenvalue weighted by molar-refractivity contribution is 5.79. The van der Waals surface area contributed by atoms with Crippen molar-refractivity contribution in [3.63, 3.8) is 0 Å². The van der Waals surface area contributed by atoms with E-state index in [0.717, 1.165) is 30.8 Å². The van der Waals surface area contributed by atoms with Crippen LogP contribution in [-0.4, -0.2) is 44.0 Å². The molecule has 0 saturated heterocycles. The molecule has 1 atom stereocenters. The minimum absolute atomic E-state index is 0.0991. The number of carbonyl (C=O) groups is 2. The molecule has 24 heavy (non-hydrogen) atoms. The number of hydrogen-bond donors (Lipinski definition) is 1. The first-order valence-corrected chi connectivity index (χ1v) is 8.37. The molecule has 0 fully saturated rings. The molecule has 1 aliphatic heterocycles. The fourth-order valence-corrected chi connectivity index (χ4v) is 3.93. The fourth-order valence-electron chi connectivity index (χ4n) is 3.93. The molecule has 1 aromatic rings. The van der Waals surface area contributed by atoms with Gasteiger partial charge in [0, 0.05) is 32.0 Å². The lowest BCUT2D eigenvalue weighted by Gasteiger charge is -2.35. The first-order valence-electron chi connectivity index (χ1n) is 8.37. The number of carbonyl (C=O) groups excluding carboxylic acids is 2. The van der Waals surface area contributed by atoms with Crippen molar-refractivity contribution in [2.75, 3.05) is 27.3 Å². The van der Waals surface area contributed by atoms with Gasteiger partial charge >= 0.3 is 0 Å². The van der Waals surface area contributed by atoms with E-state index in [4.69, 9.17) is 9.47 Å². The largest absolute Gasteiger partial charge is 0.493 e. The zero-order chi connectivity index (χ0) is 17.3. The number of benzene rings is 1. The van der Waals surface area contributed by atoms with Gasteiger partial charge in [-0.3, -0.25) is 9.59 Å². The number of rotatable bonds is 5. The van der Waals surface area contributed by atoms with E-state index in [1.807, 2.05) is 4.90 Å². The molecular formula is C18H24N2O4. The lowest BCUT2D eigenvalue weighted by molar-refractivity contribution is -0.134. The molecule has 2 aliphatic rings. The Morgan fingerprint density at radius 3 is 2.75 bits per heavy atom. The number of nitrogens with one attached hydrogen (secondary N) is 1. The first kappa shape index (κ1) is 16.6. The van der Waals surface area contributed by atoms with Gasteiger partial charge in [-0.25, -0.2) is 0 Å². The van der Waals surface area contributed by atoms with Crippen LogP contribution < -0.4 is 14.8 Å². The van der Waals surface area contributed by atoms with E-state index in [-0.39, 0.29) is 17.9 Å². The molecule has 1 aliphatic carbocycles. The zero-order valence-corrected chi connectivity index (χ0v) is 14.5. The maximum atomic E-state index is 12.6. The van der Waals surface area contributed by atoms with Gasteiger partial charge in [0.2, 0.25) is 11.8 Å². The van der Waals surface area contributed by atoms with Crippen molar-refractivity contribution < 1.29 is 19.1 Å². The third-order valence-electron chi connectivity index (χ3n) is 4.93. The van der Waals surface area contributed by atoms with Crippen molar-refractivity contribution in [3.05, 3.63) is 22.8 Å². The fraction of sp³-hybridized carbons (Fsp3) is 0.556. The standard InChI is InChI=1S/C18H24N2O4/c1-11(21)19-8-6-16(22)20-9-7-12-10-15(23-2)18(24-3)13-4-5-14(20)17(12)13/h10,14H,4-9H2,1-3H3,(H,19,21). The van der Waals surface area contributed by atoms with E-state index in [9.17, 15) is 9.59 Å². The molecule has 6 nitrogen and oxygen atoms in total. The third-order valence-corrected chi connectivity index (χ3v) is 4.93. The van der Waals surface area contributed by atoms with Gasteiger partial charge in [0.25, 0.3) is 0 Å². The SMILES string of the molecule is COc1cc2c3c(c1OC)CCC3N(C(=O)CCNC(C)=O)CC2. The number of nitrogens with zero attached hydrogens (tertiary/aromatic N) is 1. The van der Waals surface area contributed by atoms with Crippen LogP contribution in [0.1, 0.15) is 42.5 Å². The van der Waals surface area contributed by atoms with Crippen molar-refractivity contribution in [2.45, 2.75) is 38.6 Å². The van der Waals surface area contributed by atoms with Crippen LogP contribution in [-0.2, 0) is 22.4 Å². The van der Waals surface area contributed by atoms with Crippen molar-refractivity contribution in [1.29, 1.82) is 0 Å². The second kappa shape index (κ2) is 6.71. The Morgan fingerprint density at radius 1 is 1.29 bits per heavy atom. The van der Waals surface area contributed by atoms with Crippen LogP contribution in [0.5, 0.6) is 11.5 Å². The maximum absolute atomic E-state index is 12.6. The number of ether oxygens (including phenoxy) is 2. The van der Waals surface area contributed by atoms with Gasteiger partial charge in [-0.05, 0) is 36.5 Å². The van der Waals surface area contributed by atoms with Crippen LogP contribution in [0.15, 0.2) is 6.07 Å². The second-order valence-electron chi connectivity index (χ2n) is 6.29. The van der Waals surface area contributed by atoms with Gasteiger partial charge in [-0.15, -0.1) is 0 Å². The Labute approximate surface area is 142 Å². The summed E-state index contributed by atoms with van der Waals surface area (Å²) in [4.78, 5) is 25.5. The summed E-state index contributed by atoms with van der Waals surface area (Å²) in [6, 6.07) is 2.17. The summed E-state index contributed by atoms with van der Waals surface area (Å²) in [6.45, 7) is 2.57. The summed E-state index contributed by atoms with van der Waals surface area (Å²) >= 11 is 0. The quantitative estimate of drug-likeness (QED) is 0.889. The average molecular weight is 332 g/mol. The van der Waals surface area contributed by atoms with Crippen molar-refractivity contribution in [3.8, 4) is 11.5 Å². The van der Waals surface area contributed by atoms with Crippen LogP contribution >= 0.6 is 0 Å². The summed E-state index contributed by atoms with van der Waals surface area (Å²) in [5.74, 6) is 1.57. The van der Waals surface area contributed by atoms with Crippen LogP contribution in [0, 0.1) is 0 Å². The van der Waals surface area contributed by atoms with Gasteiger partial charge in [-0.1, -0.05) is 0 Å². The number of methoxy groups -OCH3 is 2. The smallest absolute Gasteiger partial charge is 0.224 e. The van der Waals surface area contributed by atoms with Crippen LogP contribution in [0.3, 0.4) is 0 Å². The van der Waals surface area contributed by atoms with Crippen molar-refractivity contribution in [2.24, 2.45) is 0 Å². The van der Waals surface area contributed by atoms with E-state index in [2.05, 4.69) is 11.4 Å². The van der Waals surface area contributed by atoms with Gasteiger partial charge in [0.1, 0.15) is 0 Å². The molecular weight excluding hydrogens is 308 g/mol. The number of amides is 2. The van der Waals surface area contributed by atoms with Crippen LogP contribution in [0.4, 0.5) is 0 Å². The van der Waals surface area contributed by atoms with E-state index < -0.39 is 0 Å².